The normalized spacial score (nSPS) is 29.1. The smallest absolute Gasteiger partial charge is 0.257 e. The Morgan fingerprint density at radius 1 is 1.38 bits per heavy atom. The van der Waals surface area contributed by atoms with E-state index < -0.39 is 0 Å². The fraction of sp³-hybridized carbons (Fsp3) is 0.300. The van der Waals surface area contributed by atoms with Crippen molar-refractivity contribution in [3.63, 3.8) is 0 Å². The second kappa shape index (κ2) is 2.45. The van der Waals surface area contributed by atoms with Crippen LogP contribution < -0.4 is 5.32 Å². The molecule has 2 atom stereocenters. The zero-order valence-corrected chi connectivity index (χ0v) is 7.80. The maximum absolute atomic E-state index is 5.49. The van der Waals surface area contributed by atoms with E-state index in [1.165, 1.54) is 11.1 Å². The van der Waals surface area contributed by atoms with Crippen molar-refractivity contribution in [2.75, 3.05) is 0 Å². The molecule has 1 N–H and O–H groups in total. The molecule has 0 aromatic heterocycles. The molecule has 13 heavy (non-hydrogen) atoms. The average molecular weight is 191 g/mol. The molecule has 1 aromatic carbocycles. The summed E-state index contributed by atoms with van der Waals surface area (Å²) in [6, 6.07) is 8.72. The lowest BCUT2D eigenvalue weighted by atomic mass is 10.1. The molecule has 1 aromatic rings. The maximum Gasteiger partial charge on any atom is 0.257 e. The van der Waals surface area contributed by atoms with Crippen LogP contribution in [-0.2, 0) is 11.2 Å². The Bertz CT molecular complexity index is 377. The molecule has 0 spiro atoms. The number of thiocarbonyl (C=S) groups is 1. The number of fused-ring (bicyclic) bond motifs is 3. The van der Waals surface area contributed by atoms with Crippen LogP contribution in [0.4, 0.5) is 0 Å². The quantitative estimate of drug-likeness (QED) is 0.629. The lowest BCUT2D eigenvalue weighted by molar-refractivity contribution is 0.218. The minimum Gasteiger partial charge on any atom is -0.465 e. The first-order valence-electron chi connectivity index (χ1n) is 4.39. The zero-order valence-electron chi connectivity index (χ0n) is 6.99. The van der Waals surface area contributed by atoms with Crippen LogP contribution >= 0.6 is 12.2 Å². The van der Waals surface area contributed by atoms with E-state index in [-0.39, 0.29) is 6.10 Å². The van der Waals surface area contributed by atoms with Crippen molar-refractivity contribution in [1.29, 1.82) is 0 Å². The molecule has 2 aliphatic rings. The summed E-state index contributed by atoms with van der Waals surface area (Å²) in [5.41, 5.74) is 2.72. The van der Waals surface area contributed by atoms with E-state index in [1.807, 2.05) is 0 Å². The third-order valence-corrected chi connectivity index (χ3v) is 2.93. The average Bonchev–Trinajstić information content (AvgIpc) is 2.60. The van der Waals surface area contributed by atoms with Crippen molar-refractivity contribution < 1.29 is 4.74 Å². The van der Waals surface area contributed by atoms with Gasteiger partial charge in [0.05, 0.1) is 6.04 Å². The van der Waals surface area contributed by atoms with Gasteiger partial charge in [-0.15, -0.1) is 0 Å². The molecule has 0 saturated carbocycles. The number of nitrogens with one attached hydrogen (secondary N) is 1. The summed E-state index contributed by atoms with van der Waals surface area (Å²) < 4.78 is 5.49. The summed E-state index contributed by atoms with van der Waals surface area (Å²) in [5, 5.41) is 3.73. The second-order valence-corrected chi connectivity index (χ2v) is 3.84. The summed E-state index contributed by atoms with van der Waals surface area (Å²) in [6.45, 7) is 0. The molecular formula is C10H9NOS. The van der Waals surface area contributed by atoms with Crippen molar-refractivity contribution in [2.24, 2.45) is 0 Å². The lowest BCUT2D eigenvalue weighted by Gasteiger charge is -2.06. The summed E-state index contributed by atoms with van der Waals surface area (Å²) in [4.78, 5) is 0. The first-order chi connectivity index (χ1) is 6.34. The molecule has 0 unspecified atom stereocenters. The van der Waals surface area contributed by atoms with Gasteiger partial charge < -0.3 is 10.1 Å². The second-order valence-electron chi connectivity index (χ2n) is 3.47. The Kier molecular flexibility index (Phi) is 1.38. The van der Waals surface area contributed by atoms with Crippen molar-refractivity contribution >= 4 is 17.4 Å². The molecule has 0 radical (unpaired) electrons. The van der Waals surface area contributed by atoms with Crippen LogP contribution in [-0.4, -0.2) is 11.3 Å². The van der Waals surface area contributed by atoms with Crippen LogP contribution in [0.15, 0.2) is 24.3 Å². The highest BCUT2D eigenvalue weighted by Gasteiger charge is 2.39. The fourth-order valence-electron chi connectivity index (χ4n) is 2.14. The van der Waals surface area contributed by atoms with Crippen LogP contribution in [0.25, 0.3) is 0 Å². The molecule has 1 aliphatic carbocycles. The molecule has 1 aliphatic heterocycles. The number of hydrogen-bond acceptors (Lipinski definition) is 2. The van der Waals surface area contributed by atoms with Crippen molar-refractivity contribution in [3.05, 3.63) is 35.4 Å². The first-order valence-corrected chi connectivity index (χ1v) is 4.80. The van der Waals surface area contributed by atoms with Crippen LogP contribution in [0.3, 0.4) is 0 Å². The molecule has 1 saturated heterocycles. The Balaban J connectivity index is 2.06. The predicted octanol–water partition coefficient (Wildman–Crippen LogP) is 1.56. The summed E-state index contributed by atoms with van der Waals surface area (Å²) >= 11 is 4.97. The van der Waals surface area contributed by atoms with E-state index in [4.69, 9.17) is 17.0 Å². The van der Waals surface area contributed by atoms with Gasteiger partial charge in [-0.1, -0.05) is 24.3 Å². The van der Waals surface area contributed by atoms with Gasteiger partial charge in [0.25, 0.3) is 5.17 Å². The molecule has 0 amide bonds. The van der Waals surface area contributed by atoms with E-state index in [2.05, 4.69) is 29.6 Å². The highest BCUT2D eigenvalue weighted by atomic mass is 32.1. The van der Waals surface area contributed by atoms with Crippen molar-refractivity contribution in [1.82, 2.24) is 5.32 Å². The lowest BCUT2D eigenvalue weighted by Crippen LogP contribution is -2.18. The predicted molar refractivity (Wildman–Crippen MR) is 53.5 cm³/mol. The van der Waals surface area contributed by atoms with E-state index in [1.54, 1.807) is 0 Å². The standard InChI is InChI=1S/C10H9NOS/c13-10-11-9-7-4-2-1-3-6(7)5-8(9)12-10/h1-4,8-9H,5H2,(H,11,13)/t8-,9-/m0/s1. The van der Waals surface area contributed by atoms with Gasteiger partial charge in [0, 0.05) is 6.42 Å². The summed E-state index contributed by atoms with van der Waals surface area (Å²) in [7, 11) is 0. The van der Waals surface area contributed by atoms with Crippen LogP contribution in [0.1, 0.15) is 17.2 Å². The third kappa shape index (κ3) is 0.968. The van der Waals surface area contributed by atoms with Gasteiger partial charge >= 0.3 is 0 Å². The van der Waals surface area contributed by atoms with Crippen LogP contribution in [0, 0.1) is 0 Å². The third-order valence-electron chi connectivity index (χ3n) is 2.71. The van der Waals surface area contributed by atoms with E-state index in [0.717, 1.165) is 6.42 Å². The number of hydrogen-bond donors (Lipinski definition) is 1. The van der Waals surface area contributed by atoms with Crippen molar-refractivity contribution in [2.45, 2.75) is 18.6 Å². The number of ether oxygens (including phenoxy) is 1. The molecule has 3 heteroatoms. The molecule has 66 valence electrons. The van der Waals surface area contributed by atoms with Gasteiger partial charge in [0.2, 0.25) is 0 Å². The minimum absolute atomic E-state index is 0.227. The summed E-state index contributed by atoms with van der Waals surface area (Å²) in [5.74, 6) is 0. The molecule has 1 heterocycles. The topological polar surface area (TPSA) is 21.3 Å². The van der Waals surface area contributed by atoms with Gasteiger partial charge in [0.1, 0.15) is 6.10 Å². The maximum atomic E-state index is 5.49. The van der Waals surface area contributed by atoms with Gasteiger partial charge in [-0.05, 0) is 23.3 Å². The van der Waals surface area contributed by atoms with Gasteiger partial charge in [-0.3, -0.25) is 0 Å². The van der Waals surface area contributed by atoms with E-state index in [9.17, 15) is 0 Å². The Morgan fingerprint density at radius 3 is 3.15 bits per heavy atom. The minimum atomic E-state index is 0.227. The van der Waals surface area contributed by atoms with Gasteiger partial charge in [0.15, 0.2) is 0 Å². The van der Waals surface area contributed by atoms with Crippen LogP contribution in [0.2, 0.25) is 0 Å². The Morgan fingerprint density at radius 2 is 2.23 bits per heavy atom. The van der Waals surface area contributed by atoms with E-state index in [0.29, 0.717) is 11.2 Å². The number of benzene rings is 1. The van der Waals surface area contributed by atoms with E-state index >= 15 is 0 Å². The molecule has 3 rings (SSSR count). The zero-order chi connectivity index (χ0) is 8.84. The molecule has 2 nitrogen and oxygen atoms in total. The summed E-state index contributed by atoms with van der Waals surface area (Å²) in [6.07, 6.45) is 1.21. The largest absolute Gasteiger partial charge is 0.465 e. The van der Waals surface area contributed by atoms with Gasteiger partial charge in [-0.2, -0.15) is 0 Å². The highest BCUT2D eigenvalue weighted by Crippen LogP contribution is 2.36. The molecular weight excluding hydrogens is 182 g/mol. The fourth-order valence-corrected chi connectivity index (χ4v) is 2.39. The first kappa shape index (κ1) is 7.33. The number of rotatable bonds is 0. The Hall–Kier alpha value is -1.09. The van der Waals surface area contributed by atoms with Gasteiger partial charge in [-0.25, -0.2) is 0 Å². The molecule has 1 fully saturated rings. The van der Waals surface area contributed by atoms with Crippen molar-refractivity contribution in [3.8, 4) is 0 Å². The SMILES string of the molecule is S=C1N[C@H]2c3ccccc3C[C@@H]2O1. The Labute approximate surface area is 81.9 Å². The van der Waals surface area contributed by atoms with Crippen LogP contribution in [0.5, 0.6) is 0 Å². The molecule has 0 bridgehead atoms. The monoisotopic (exact) mass is 191 g/mol. The highest BCUT2D eigenvalue weighted by molar-refractivity contribution is 7.80.